The first-order chi connectivity index (χ1) is 17.0. The number of nitrogens with zero attached hydrogens (tertiary/aromatic N) is 5. The fourth-order valence-corrected chi connectivity index (χ4v) is 4.32. The Hall–Kier alpha value is -3.96. The van der Waals surface area contributed by atoms with Crippen molar-refractivity contribution in [3.63, 3.8) is 0 Å². The molecule has 0 aliphatic rings. The average Bonchev–Trinajstić information content (AvgIpc) is 3.32. The molecule has 0 saturated carbocycles. The predicted molar refractivity (Wildman–Crippen MR) is 134 cm³/mol. The number of carbonyl (C=O) groups is 1. The molecule has 3 aromatic heterocycles. The van der Waals surface area contributed by atoms with Crippen molar-refractivity contribution < 1.29 is 14.6 Å². The Balaban J connectivity index is 1.73. The topological polar surface area (TPSA) is 135 Å². The van der Waals surface area contributed by atoms with Crippen LogP contribution in [0.3, 0.4) is 0 Å². The number of amides is 2. The first-order valence-electron chi connectivity index (χ1n) is 10.9. The van der Waals surface area contributed by atoms with E-state index in [1.54, 1.807) is 31.9 Å². The van der Waals surface area contributed by atoms with Crippen LogP contribution in [0.1, 0.15) is 17.5 Å². The third-order valence-electron chi connectivity index (χ3n) is 5.12. The van der Waals surface area contributed by atoms with Gasteiger partial charge < -0.3 is 15.2 Å². The summed E-state index contributed by atoms with van der Waals surface area (Å²) in [6, 6.07) is 5.46. The number of benzene rings is 1. The van der Waals surface area contributed by atoms with E-state index in [-0.39, 0.29) is 12.6 Å². The van der Waals surface area contributed by atoms with Crippen molar-refractivity contribution in [1.82, 2.24) is 30.2 Å². The predicted octanol–water partition coefficient (Wildman–Crippen LogP) is 3.85. The molecule has 3 heterocycles. The molecule has 4 rings (SSSR count). The van der Waals surface area contributed by atoms with E-state index in [0.717, 1.165) is 33.0 Å². The molecule has 0 aliphatic heterocycles. The number of thiazole rings is 1. The molecule has 4 aromatic rings. The lowest BCUT2D eigenvalue weighted by Gasteiger charge is -2.13. The van der Waals surface area contributed by atoms with E-state index >= 15 is 0 Å². The van der Waals surface area contributed by atoms with E-state index < -0.39 is 0 Å². The molecule has 0 spiro atoms. The zero-order valence-corrected chi connectivity index (χ0v) is 20.4. The minimum atomic E-state index is -0.382. The number of aliphatic hydroxyl groups excluding tert-OH is 1. The summed E-state index contributed by atoms with van der Waals surface area (Å²) in [5.41, 5.74) is 4.94. The van der Waals surface area contributed by atoms with Gasteiger partial charge in [-0.2, -0.15) is 0 Å². The lowest BCUT2D eigenvalue weighted by molar-refractivity contribution is 0.249. The number of aromatic nitrogens is 5. The molecule has 180 valence electrons. The number of urea groups is 1. The molecule has 0 fully saturated rings. The van der Waals surface area contributed by atoms with Gasteiger partial charge in [0.05, 0.1) is 29.6 Å². The minimum absolute atomic E-state index is 0.0129. The first-order valence-corrected chi connectivity index (χ1v) is 11.7. The minimum Gasteiger partial charge on any atom is -0.497 e. The number of carbonyl (C=O) groups excluding carboxylic acids is 1. The van der Waals surface area contributed by atoms with Crippen molar-refractivity contribution in [2.75, 3.05) is 25.6 Å². The van der Waals surface area contributed by atoms with Gasteiger partial charge in [0.25, 0.3) is 0 Å². The summed E-state index contributed by atoms with van der Waals surface area (Å²) in [7, 11) is 1.64. The summed E-state index contributed by atoms with van der Waals surface area (Å²) in [6.07, 6.45) is 6.95. The Morgan fingerprint density at radius 3 is 2.49 bits per heavy atom. The van der Waals surface area contributed by atoms with Crippen molar-refractivity contribution >= 4 is 22.5 Å². The molecule has 0 aliphatic carbocycles. The van der Waals surface area contributed by atoms with E-state index in [1.807, 2.05) is 32.0 Å². The summed E-state index contributed by atoms with van der Waals surface area (Å²) in [5.74, 6) is 1.22. The number of rotatable bonds is 8. The van der Waals surface area contributed by atoms with Gasteiger partial charge in [0.15, 0.2) is 11.0 Å². The molecule has 0 radical (unpaired) electrons. The van der Waals surface area contributed by atoms with Gasteiger partial charge in [-0.25, -0.2) is 24.7 Å². The zero-order chi connectivity index (χ0) is 24.8. The summed E-state index contributed by atoms with van der Waals surface area (Å²) in [6.45, 7) is 4.41. The van der Waals surface area contributed by atoms with E-state index in [1.165, 1.54) is 11.3 Å². The smallest absolute Gasteiger partial charge is 0.321 e. The Morgan fingerprint density at radius 1 is 1.03 bits per heavy atom. The number of hydrogen-bond acceptors (Lipinski definition) is 9. The van der Waals surface area contributed by atoms with Gasteiger partial charge in [-0.15, -0.1) is 0 Å². The van der Waals surface area contributed by atoms with Gasteiger partial charge in [0.2, 0.25) is 0 Å². The molecular formula is C24H25N7O3S. The maximum Gasteiger partial charge on any atom is 0.321 e. The van der Waals surface area contributed by atoms with Gasteiger partial charge in [-0.05, 0) is 49.6 Å². The van der Waals surface area contributed by atoms with Crippen LogP contribution in [0.4, 0.5) is 9.93 Å². The van der Waals surface area contributed by atoms with Crippen LogP contribution in [0.15, 0.2) is 43.0 Å². The second-order valence-electron chi connectivity index (χ2n) is 7.68. The highest BCUT2D eigenvalue weighted by molar-refractivity contribution is 7.19. The van der Waals surface area contributed by atoms with Gasteiger partial charge in [0, 0.05) is 37.3 Å². The third kappa shape index (κ3) is 5.76. The highest BCUT2D eigenvalue weighted by Gasteiger charge is 2.17. The number of anilines is 1. The fourth-order valence-electron chi connectivity index (χ4n) is 3.55. The van der Waals surface area contributed by atoms with E-state index in [2.05, 4.69) is 25.6 Å². The first kappa shape index (κ1) is 24.2. The third-order valence-corrected chi connectivity index (χ3v) is 6.05. The lowest BCUT2D eigenvalue weighted by atomic mass is 9.98. The Labute approximate surface area is 206 Å². The molecule has 0 bridgehead atoms. The van der Waals surface area contributed by atoms with Crippen LogP contribution in [-0.4, -0.2) is 56.3 Å². The Bertz CT molecular complexity index is 1300. The molecule has 1 aromatic carbocycles. The van der Waals surface area contributed by atoms with E-state index in [4.69, 9.17) is 19.8 Å². The van der Waals surface area contributed by atoms with Crippen molar-refractivity contribution in [2.24, 2.45) is 0 Å². The van der Waals surface area contributed by atoms with Crippen LogP contribution in [0.5, 0.6) is 5.75 Å². The van der Waals surface area contributed by atoms with Crippen LogP contribution >= 0.6 is 11.3 Å². The van der Waals surface area contributed by atoms with Crippen LogP contribution in [0.2, 0.25) is 0 Å². The Kier molecular flexibility index (Phi) is 7.58. The van der Waals surface area contributed by atoms with Crippen molar-refractivity contribution in [3.05, 3.63) is 54.1 Å². The quantitative estimate of drug-likeness (QED) is 0.316. The standard InChI is InChI=1S/C24H25N7O3S/c1-14-9-16(34-3)10-15(2)21(14)18-11-17(29-22(30-18)19-12-25-6-7-26-19)20-13-28-24(35-20)31-23(33)27-5-4-8-32/h6-7,9-13,32H,4-5,8H2,1-3H3,(H2,27,28,31,33). The Morgan fingerprint density at radius 2 is 1.80 bits per heavy atom. The number of hydrogen-bond donors (Lipinski definition) is 3. The summed E-state index contributed by atoms with van der Waals surface area (Å²) >= 11 is 1.30. The zero-order valence-electron chi connectivity index (χ0n) is 19.6. The number of nitrogens with one attached hydrogen (secondary N) is 2. The molecule has 35 heavy (non-hydrogen) atoms. The van der Waals surface area contributed by atoms with Gasteiger partial charge in [-0.3, -0.25) is 10.3 Å². The van der Waals surface area contributed by atoms with Gasteiger partial charge in [-0.1, -0.05) is 11.3 Å². The molecule has 2 amide bonds. The summed E-state index contributed by atoms with van der Waals surface area (Å²) in [4.78, 5) is 35.2. The van der Waals surface area contributed by atoms with Gasteiger partial charge in [0.1, 0.15) is 11.4 Å². The average molecular weight is 492 g/mol. The number of ether oxygens (including phenoxy) is 1. The molecule has 3 N–H and O–H groups in total. The highest BCUT2D eigenvalue weighted by atomic mass is 32.1. The molecule has 0 unspecified atom stereocenters. The van der Waals surface area contributed by atoms with Crippen LogP contribution in [0, 0.1) is 13.8 Å². The number of aliphatic hydroxyl groups is 1. The van der Waals surface area contributed by atoms with Crippen LogP contribution < -0.4 is 15.4 Å². The second kappa shape index (κ2) is 11.0. The van der Waals surface area contributed by atoms with Gasteiger partial charge >= 0.3 is 6.03 Å². The molecule has 10 nitrogen and oxygen atoms in total. The molecule has 0 saturated heterocycles. The molecule has 0 atom stereocenters. The van der Waals surface area contributed by atoms with Crippen LogP contribution in [0.25, 0.3) is 33.3 Å². The molecular weight excluding hydrogens is 466 g/mol. The lowest BCUT2D eigenvalue weighted by Crippen LogP contribution is -2.29. The fraction of sp³-hybridized carbons (Fsp3) is 0.250. The summed E-state index contributed by atoms with van der Waals surface area (Å²) in [5, 5.41) is 14.7. The van der Waals surface area contributed by atoms with E-state index in [0.29, 0.717) is 35.3 Å². The van der Waals surface area contributed by atoms with Crippen LogP contribution in [-0.2, 0) is 0 Å². The SMILES string of the molecule is COc1cc(C)c(-c2cc(-c3cnc(NC(=O)NCCCO)s3)nc(-c3cnccn3)n2)c(C)c1. The van der Waals surface area contributed by atoms with Crippen molar-refractivity contribution in [2.45, 2.75) is 20.3 Å². The maximum atomic E-state index is 12.1. The maximum absolute atomic E-state index is 12.1. The number of aryl methyl sites for hydroxylation is 2. The monoisotopic (exact) mass is 491 g/mol. The largest absolute Gasteiger partial charge is 0.497 e. The van der Waals surface area contributed by atoms with Crippen molar-refractivity contribution in [3.8, 4) is 39.1 Å². The van der Waals surface area contributed by atoms with Crippen molar-refractivity contribution in [1.29, 1.82) is 0 Å². The normalized spacial score (nSPS) is 10.7. The highest BCUT2D eigenvalue weighted by Crippen LogP contribution is 2.35. The molecule has 11 heteroatoms. The summed E-state index contributed by atoms with van der Waals surface area (Å²) < 4.78 is 5.41. The number of methoxy groups -OCH3 is 1. The second-order valence-corrected chi connectivity index (χ2v) is 8.71. The van der Waals surface area contributed by atoms with E-state index in [9.17, 15) is 4.79 Å².